The van der Waals surface area contributed by atoms with E-state index in [9.17, 15) is 19.2 Å². The van der Waals surface area contributed by atoms with Crippen molar-refractivity contribution in [3.63, 3.8) is 0 Å². The molecule has 1 unspecified atom stereocenters. The molecular weight excluding hydrogens is 364 g/mol. The molecule has 0 rings (SSSR count). The van der Waals surface area contributed by atoms with Crippen molar-refractivity contribution in [2.75, 3.05) is 13.7 Å². The number of carbonyl (C=O) groups is 4. The van der Waals surface area contributed by atoms with Crippen LogP contribution in [0.2, 0.25) is 0 Å². The molecule has 0 aliphatic heterocycles. The van der Waals surface area contributed by atoms with E-state index in [2.05, 4.69) is 18.7 Å². The van der Waals surface area contributed by atoms with Crippen molar-refractivity contribution in [1.29, 1.82) is 0 Å². The highest BCUT2D eigenvalue weighted by molar-refractivity contribution is 5.92. The summed E-state index contributed by atoms with van der Waals surface area (Å²) in [7, 11) is 1.42. The average Bonchev–Trinajstić information content (AvgIpc) is 2.64. The van der Waals surface area contributed by atoms with Gasteiger partial charge in [-0.05, 0) is 26.2 Å². The first-order valence-electron chi connectivity index (χ1n) is 9.73. The highest BCUT2D eigenvalue weighted by Crippen LogP contribution is 2.15. The lowest BCUT2D eigenvalue weighted by Gasteiger charge is -2.32. The molecule has 8 heteroatoms. The summed E-state index contributed by atoms with van der Waals surface area (Å²) in [5.74, 6) is -0.235. The molecule has 166 valence electrons. The molecule has 8 nitrogen and oxygen atoms in total. The molecule has 0 fully saturated rings. The maximum Gasteiger partial charge on any atom is 0.321 e. The van der Waals surface area contributed by atoms with Crippen LogP contribution in [0.4, 0.5) is 0 Å². The molecule has 0 aliphatic carbocycles. The Hall–Kier alpha value is -1.96. The number of rotatable bonds is 9. The summed E-state index contributed by atoms with van der Waals surface area (Å²) in [6, 6.07) is 0. The second-order valence-electron chi connectivity index (χ2n) is 6.38. The van der Waals surface area contributed by atoms with Gasteiger partial charge in [0, 0.05) is 34.4 Å². The van der Waals surface area contributed by atoms with E-state index < -0.39 is 11.6 Å². The van der Waals surface area contributed by atoms with Crippen LogP contribution < -0.4 is 0 Å². The molecule has 0 aromatic heterocycles. The molecule has 0 heterocycles. The number of ether oxygens (including phenoxy) is 1. The third-order valence-corrected chi connectivity index (χ3v) is 3.90. The summed E-state index contributed by atoms with van der Waals surface area (Å²) in [5.41, 5.74) is -0.938. The fourth-order valence-electron chi connectivity index (χ4n) is 2.28. The monoisotopic (exact) mass is 404 g/mol. The molecule has 0 N–H and O–H groups in total. The van der Waals surface area contributed by atoms with E-state index in [4.69, 9.17) is 4.74 Å². The van der Waals surface area contributed by atoms with Gasteiger partial charge in [-0.25, -0.2) is 0 Å². The fourth-order valence-corrected chi connectivity index (χ4v) is 2.28. The van der Waals surface area contributed by atoms with Crippen LogP contribution >= 0.6 is 0 Å². The molecule has 0 bridgehead atoms. The molecule has 0 radical (unpaired) electrons. The van der Waals surface area contributed by atoms with Crippen LogP contribution in [0, 0.1) is 5.92 Å². The van der Waals surface area contributed by atoms with Crippen molar-refractivity contribution in [1.82, 2.24) is 9.96 Å². The Morgan fingerprint density at radius 2 is 1.46 bits per heavy atom. The number of amides is 3. The lowest BCUT2D eigenvalue weighted by atomic mass is 10.00. The Morgan fingerprint density at radius 3 is 1.71 bits per heavy atom. The van der Waals surface area contributed by atoms with Crippen LogP contribution in [0.3, 0.4) is 0 Å². The van der Waals surface area contributed by atoms with Gasteiger partial charge >= 0.3 is 6.47 Å². The van der Waals surface area contributed by atoms with E-state index in [0.717, 1.165) is 24.3 Å². The lowest BCUT2D eigenvalue weighted by molar-refractivity contribution is -0.254. The molecule has 1 atom stereocenters. The van der Waals surface area contributed by atoms with E-state index >= 15 is 0 Å². The summed E-state index contributed by atoms with van der Waals surface area (Å²) in [5, 5.41) is 0.861. The number of nitrogens with zero attached hydrogens (tertiary/aromatic N) is 2. The maximum absolute atomic E-state index is 11.1. The van der Waals surface area contributed by atoms with E-state index in [-0.39, 0.29) is 18.3 Å². The normalized spacial score (nSPS) is 10.9. The second kappa shape index (κ2) is 17.2. The Bertz CT molecular complexity index is 452. The second-order valence-corrected chi connectivity index (χ2v) is 6.38. The van der Waals surface area contributed by atoms with E-state index in [1.807, 2.05) is 13.8 Å². The van der Waals surface area contributed by atoms with Crippen LogP contribution in [0.15, 0.2) is 0 Å². The number of methoxy groups -OCH3 is 1. The highest BCUT2D eigenvalue weighted by Gasteiger charge is 2.30. The van der Waals surface area contributed by atoms with Crippen molar-refractivity contribution in [3.05, 3.63) is 0 Å². The smallest absolute Gasteiger partial charge is 0.321 e. The number of carbonyl (C=O) groups excluding carboxylic acids is 4. The van der Waals surface area contributed by atoms with Gasteiger partial charge in [-0.1, -0.05) is 40.5 Å². The summed E-state index contributed by atoms with van der Waals surface area (Å²) in [6.07, 6.45) is 3.20. The number of hydrogen-bond donors (Lipinski definition) is 0. The van der Waals surface area contributed by atoms with Crippen LogP contribution in [0.5, 0.6) is 0 Å². The molecule has 3 amide bonds. The van der Waals surface area contributed by atoms with Gasteiger partial charge in [-0.3, -0.25) is 24.1 Å². The van der Waals surface area contributed by atoms with Gasteiger partial charge in [0.2, 0.25) is 11.8 Å². The summed E-state index contributed by atoms with van der Waals surface area (Å²) >= 11 is 0. The zero-order valence-corrected chi connectivity index (χ0v) is 19.3. The largest absolute Gasteiger partial charge is 0.356 e. The highest BCUT2D eigenvalue weighted by atomic mass is 16.7. The summed E-state index contributed by atoms with van der Waals surface area (Å²) in [4.78, 5) is 49.0. The molecule has 0 saturated carbocycles. The number of hydroxylamine groups is 2. The Morgan fingerprint density at radius 1 is 1.00 bits per heavy atom. The van der Waals surface area contributed by atoms with Gasteiger partial charge < -0.3 is 9.57 Å². The Labute approximate surface area is 170 Å². The predicted octanol–water partition coefficient (Wildman–Crippen LogP) is 3.54. The molecular formula is C20H40N2O6. The standard InChI is InChI=1S/C11H21NO2.C7H13NO4.C2H6/c1-5-7-11(6-2)8-12(9(3)13)10(4)14;1-6(10)8(12-5-9)7(2,3)11-4;1-2/h11H,5-8H2,1-4H3;5H,1-4H3;1-2H3. The summed E-state index contributed by atoms with van der Waals surface area (Å²) < 4.78 is 4.93. The van der Waals surface area contributed by atoms with Gasteiger partial charge in [0.05, 0.1) is 0 Å². The van der Waals surface area contributed by atoms with Crippen LogP contribution in [0.1, 0.15) is 81.6 Å². The first-order valence-corrected chi connectivity index (χ1v) is 9.73. The van der Waals surface area contributed by atoms with Crippen molar-refractivity contribution >= 4 is 24.2 Å². The SMILES string of the molecule is CC.CCCC(CC)CN(C(C)=O)C(C)=O.COC(C)(C)N(OC=O)C(C)=O. The maximum atomic E-state index is 11.1. The fraction of sp³-hybridized carbons (Fsp3) is 0.800. The number of imide groups is 1. The minimum absolute atomic E-state index is 0.146. The molecule has 0 spiro atoms. The first kappa shape index (κ1) is 30.8. The minimum atomic E-state index is -0.938. The third-order valence-electron chi connectivity index (χ3n) is 3.90. The van der Waals surface area contributed by atoms with Gasteiger partial charge in [-0.2, -0.15) is 0 Å². The third kappa shape index (κ3) is 13.2. The molecule has 28 heavy (non-hydrogen) atoms. The van der Waals surface area contributed by atoms with Crippen molar-refractivity contribution in [2.24, 2.45) is 5.92 Å². The molecule has 0 aliphatic rings. The van der Waals surface area contributed by atoms with E-state index in [0.29, 0.717) is 12.5 Å². The van der Waals surface area contributed by atoms with Gasteiger partial charge in [-0.15, -0.1) is 5.06 Å². The predicted molar refractivity (Wildman–Crippen MR) is 109 cm³/mol. The Kier molecular flexibility index (Phi) is 18.8. The quantitative estimate of drug-likeness (QED) is 0.331. The lowest BCUT2D eigenvalue weighted by Crippen LogP contribution is -2.47. The topological polar surface area (TPSA) is 93.2 Å². The van der Waals surface area contributed by atoms with E-state index in [1.54, 1.807) is 13.8 Å². The first-order chi connectivity index (χ1) is 13.0. The minimum Gasteiger partial charge on any atom is -0.356 e. The molecule has 0 aromatic carbocycles. The van der Waals surface area contributed by atoms with Gasteiger partial charge in [0.25, 0.3) is 5.91 Å². The van der Waals surface area contributed by atoms with Crippen molar-refractivity contribution in [2.45, 2.75) is 87.3 Å². The summed E-state index contributed by atoms with van der Waals surface area (Å²) in [6.45, 7) is 16.4. The van der Waals surface area contributed by atoms with Crippen LogP contribution in [-0.2, 0) is 28.8 Å². The van der Waals surface area contributed by atoms with Crippen molar-refractivity contribution < 1.29 is 28.8 Å². The molecule has 0 saturated heterocycles. The Balaban J connectivity index is -0.000000414. The van der Waals surface area contributed by atoms with Gasteiger partial charge in [0.1, 0.15) is 0 Å². The average molecular weight is 405 g/mol. The zero-order chi connectivity index (χ0) is 22.9. The van der Waals surface area contributed by atoms with Gasteiger partial charge in [0.15, 0.2) is 5.72 Å². The number of hydrogen-bond acceptors (Lipinski definition) is 6. The van der Waals surface area contributed by atoms with Crippen LogP contribution in [0.25, 0.3) is 0 Å². The zero-order valence-electron chi connectivity index (χ0n) is 19.3. The van der Waals surface area contributed by atoms with Crippen LogP contribution in [-0.4, -0.2) is 53.5 Å². The van der Waals surface area contributed by atoms with E-state index in [1.165, 1.54) is 32.8 Å². The molecule has 0 aromatic rings. The van der Waals surface area contributed by atoms with Crippen molar-refractivity contribution in [3.8, 4) is 0 Å².